The van der Waals surface area contributed by atoms with Crippen molar-refractivity contribution in [3.63, 3.8) is 0 Å². The number of hydrogen-bond acceptors (Lipinski definition) is 4. The summed E-state index contributed by atoms with van der Waals surface area (Å²) in [5.74, 6) is -1.93. The van der Waals surface area contributed by atoms with Gasteiger partial charge in [0.2, 0.25) is 0 Å². The van der Waals surface area contributed by atoms with Crippen molar-refractivity contribution in [1.82, 2.24) is 20.3 Å². The first-order chi connectivity index (χ1) is 9.58. The Labute approximate surface area is 112 Å². The average Bonchev–Trinajstić information content (AvgIpc) is 2.91. The van der Waals surface area contributed by atoms with Gasteiger partial charge in [-0.3, -0.25) is 9.59 Å². The van der Waals surface area contributed by atoms with Crippen LogP contribution in [-0.4, -0.2) is 38.0 Å². The molecule has 20 heavy (non-hydrogen) atoms. The van der Waals surface area contributed by atoms with Crippen molar-refractivity contribution in [2.45, 2.75) is 12.5 Å². The molecule has 0 aliphatic rings. The highest BCUT2D eigenvalue weighted by Crippen LogP contribution is 2.00. The van der Waals surface area contributed by atoms with E-state index in [9.17, 15) is 14.4 Å². The molecule has 1 atom stereocenters. The van der Waals surface area contributed by atoms with Crippen LogP contribution in [0.25, 0.3) is 0 Å². The van der Waals surface area contributed by atoms with E-state index in [2.05, 4.69) is 20.3 Å². The van der Waals surface area contributed by atoms with Crippen molar-refractivity contribution in [3.05, 3.63) is 52.5 Å². The largest absolute Gasteiger partial charge is 0.480 e. The molecule has 2 heterocycles. The summed E-state index contributed by atoms with van der Waals surface area (Å²) in [5.41, 5.74) is -0.0463. The zero-order valence-corrected chi connectivity index (χ0v) is 10.3. The van der Waals surface area contributed by atoms with Gasteiger partial charge in [0.25, 0.3) is 5.91 Å². The van der Waals surface area contributed by atoms with Gasteiger partial charge in [-0.15, -0.1) is 0 Å². The Balaban J connectivity index is 2.12. The van der Waals surface area contributed by atoms with E-state index in [-0.39, 0.29) is 12.0 Å². The molecule has 0 radical (unpaired) electrons. The number of nitrogens with zero attached hydrogens (tertiary/aromatic N) is 1. The van der Waals surface area contributed by atoms with Gasteiger partial charge in [-0.05, 0) is 0 Å². The number of aliphatic carboxylic acids is 1. The molecule has 0 spiro atoms. The van der Waals surface area contributed by atoms with E-state index in [1.54, 1.807) is 0 Å². The van der Waals surface area contributed by atoms with Gasteiger partial charge < -0.3 is 20.4 Å². The van der Waals surface area contributed by atoms with Gasteiger partial charge >= 0.3 is 5.97 Å². The van der Waals surface area contributed by atoms with E-state index in [1.165, 1.54) is 31.0 Å². The van der Waals surface area contributed by atoms with Crippen LogP contribution in [0.5, 0.6) is 0 Å². The van der Waals surface area contributed by atoms with Crippen molar-refractivity contribution in [3.8, 4) is 0 Å². The quantitative estimate of drug-likeness (QED) is 0.586. The fourth-order valence-corrected chi connectivity index (χ4v) is 1.65. The van der Waals surface area contributed by atoms with Crippen molar-refractivity contribution < 1.29 is 14.7 Å². The Morgan fingerprint density at radius 1 is 1.45 bits per heavy atom. The molecule has 0 aliphatic carbocycles. The molecule has 1 amide bonds. The Morgan fingerprint density at radius 2 is 2.25 bits per heavy atom. The van der Waals surface area contributed by atoms with Gasteiger partial charge in [-0.1, -0.05) is 0 Å². The third-order valence-corrected chi connectivity index (χ3v) is 2.65. The summed E-state index contributed by atoms with van der Waals surface area (Å²) in [6.45, 7) is 0. The fourth-order valence-electron chi connectivity index (χ4n) is 1.65. The molecule has 2 rings (SSSR count). The molecule has 2 aromatic heterocycles. The van der Waals surface area contributed by atoms with E-state index < -0.39 is 23.3 Å². The topological polar surface area (TPSA) is 128 Å². The number of carboxylic acids is 1. The average molecular weight is 276 g/mol. The standard InChI is InChI=1S/C12H12N4O4/c17-10-1-2-13-5-8(10)11(18)16-9(12(19)20)3-7-4-14-6-15-7/h1-2,4-6,9H,3H2,(H,13,17)(H,14,15)(H,16,18)(H,19,20)/t9-/m1/s1. The Kier molecular flexibility index (Phi) is 3.94. The zero-order chi connectivity index (χ0) is 14.5. The van der Waals surface area contributed by atoms with Gasteiger partial charge in [0, 0.05) is 36.8 Å². The molecular weight excluding hydrogens is 264 g/mol. The van der Waals surface area contributed by atoms with E-state index in [0.29, 0.717) is 5.69 Å². The summed E-state index contributed by atoms with van der Waals surface area (Å²) >= 11 is 0. The third kappa shape index (κ3) is 3.10. The predicted molar refractivity (Wildman–Crippen MR) is 68.2 cm³/mol. The maximum atomic E-state index is 11.9. The number of hydrogen-bond donors (Lipinski definition) is 4. The number of carboxylic acid groups (broad SMARTS) is 1. The SMILES string of the molecule is O=C(N[C@H](Cc1cnc[nH]1)C(=O)O)c1c[nH]ccc1=O. The second kappa shape index (κ2) is 5.83. The number of aromatic nitrogens is 3. The number of pyridine rings is 1. The molecule has 0 unspecified atom stereocenters. The first kappa shape index (κ1) is 13.5. The van der Waals surface area contributed by atoms with E-state index in [1.807, 2.05) is 0 Å². The van der Waals surface area contributed by atoms with Crippen LogP contribution in [0.4, 0.5) is 0 Å². The lowest BCUT2D eigenvalue weighted by molar-refractivity contribution is -0.139. The van der Waals surface area contributed by atoms with Crippen LogP contribution < -0.4 is 10.7 Å². The van der Waals surface area contributed by atoms with Gasteiger partial charge in [-0.25, -0.2) is 9.78 Å². The number of carbonyl (C=O) groups excluding carboxylic acids is 1. The number of carbonyl (C=O) groups is 2. The molecule has 104 valence electrons. The second-order valence-electron chi connectivity index (χ2n) is 4.07. The Morgan fingerprint density at radius 3 is 2.85 bits per heavy atom. The zero-order valence-electron chi connectivity index (χ0n) is 10.3. The summed E-state index contributed by atoms with van der Waals surface area (Å²) in [6.07, 6.45) is 5.55. The minimum atomic E-state index is -1.19. The summed E-state index contributed by atoms with van der Waals surface area (Å²) in [7, 11) is 0. The lowest BCUT2D eigenvalue weighted by atomic mass is 10.1. The molecule has 0 saturated heterocycles. The molecule has 2 aromatic rings. The third-order valence-electron chi connectivity index (χ3n) is 2.65. The molecule has 0 aliphatic heterocycles. The molecule has 4 N–H and O–H groups in total. The second-order valence-corrected chi connectivity index (χ2v) is 4.07. The number of rotatable bonds is 5. The first-order valence-electron chi connectivity index (χ1n) is 5.76. The van der Waals surface area contributed by atoms with Gasteiger partial charge in [0.15, 0.2) is 5.43 Å². The highest BCUT2D eigenvalue weighted by molar-refractivity contribution is 5.96. The maximum absolute atomic E-state index is 11.9. The molecular formula is C12H12N4O4. The summed E-state index contributed by atoms with van der Waals surface area (Å²) in [6, 6.07) is 0.0436. The smallest absolute Gasteiger partial charge is 0.326 e. The number of amides is 1. The highest BCUT2D eigenvalue weighted by atomic mass is 16.4. The first-order valence-corrected chi connectivity index (χ1v) is 5.76. The van der Waals surface area contributed by atoms with Gasteiger partial charge in [0.05, 0.1) is 6.33 Å². The van der Waals surface area contributed by atoms with E-state index in [4.69, 9.17) is 5.11 Å². The summed E-state index contributed by atoms with van der Waals surface area (Å²) in [4.78, 5) is 43.6. The van der Waals surface area contributed by atoms with E-state index in [0.717, 1.165) is 0 Å². The molecule has 8 heteroatoms. The van der Waals surface area contributed by atoms with Crippen LogP contribution in [0.2, 0.25) is 0 Å². The lowest BCUT2D eigenvalue weighted by Crippen LogP contribution is -2.43. The summed E-state index contributed by atoms with van der Waals surface area (Å²) in [5, 5.41) is 11.4. The Hall–Kier alpha value is -2.90. The molecule has 0 aromatic carbocycles. The predicted octanol–water partition coefficient (Wildman–Crippen LogP) is -0.476. The van der Waals surface area contributed by atoms with Crippen molar-refractivity contribution >= 4 is 11.9 Å². The highest BCUT2D eigenvalue weighted by Gasteiger charge is 2.22. The summed E-state index contributed by atoms with van der Waals surface area (Å²) < 4.78 is 0. The molecule has 0 bridgehead atoms. The minimum Gasteiger partial charge on any atom is -0.480 e. The van der Waals surface area contributed by atoms with Crippen molar-refractivity contribution in [2.24, 2.45) is 0 Å². The van der Waals surface area contributed by atoms with Crippen LogP contribution in [0.15, 0.2) is 35.8 Å². The number of nitrogens with one attached hydrogen (secondary N) is 3. The van der Waals surface area contributed by atoms with Gasteiger partial charge in [-0.2, -0.15) is 0 Å². The molecule has 0 fully saturated rings. The van der Waals surface area contributed by atoms with Crippen LogP contribution in [0.3, 0.4) is 0 Å². The van der Waals surface area contributed by atoms with Crippen LogP contribution in [0, 0.1) is 0 Å². The lowest BCUT2D eigenvalue weighted by Gasteiger charge is -2.13. The number of imidazole rings is 1. The van der Waals surface area contributed by atoms with E-state index >= 15 is 0 Å². The maximum Gasteiger partial charge on any atom is 0.326 e. The van der Waals surface area contributed by atoms with Crippen LogP contribution in [0.1, 0.15) is 16.1 Å². The Bertz CT molecular complexity index is 662. The monoisotopic (exact) mass is 276 g/mol. The number of H-pyrrole nitrogens is 2. The minimum absolute atomic E-state index is 0.0474. The molecule has 8 nitrogen and oxygen atoms in total. The van der Waals surface area contributed by atoms with Gasteiger partial charge in [0.1, 0.15) is 11.6 Å². The number of aromatic amines is 2. The fraction of sp³-hybridized carbons (Fsp3) is 0.167. The van der Waals surface area contributed by atoms with Crippen molar-refractivity contribution in [1.29, 1.82) is 0 Å². The van der Waals surface area contributed by atoms with Crippen LogP contribution in [-0.2, 0) is 11.2 Å². The molecule has 0 saturated carbocycles. The van der Waals surface area contributed by atoms with Crippen molar-refractivity contribution in [2.75, 3.05) is 0 Å². The normalized spacial score (nSPS) is 11.8. The van der Waals surface area contributed by atoms with Crippen LogP contribution >= 0.6 is 0 Å².